The summed E-state index contributed by atoms with van der Waals surface area (Å²) in [5.74, 6) is 0.841. The quantitative estimate of drug-likeness (QED) is 0.209. The van der Waals surface area contributed by atoms with Crippen molar-refractivity contribution in [3.8, 4) is 16.9 Å². The fourth-order valence-corrected chi connectivity index (χ4v) is 5.40. The molecule has 8 nitrogen and oxygen atoms in total. The van der Waals surface area contributed by atoms with Crippen molar-refractivity contribution < 1.29 is 23.8 Å². The van der Waals surface area contributed by atoms with E-state index in [1.165, 1.54) is 0 Å². The van der Waals surface area contributed by atoms with E-state index in [9.17, 15) is 9.59 Å². The molecule has 1 amide bonds. The predicted molar refractivity (Wildman–Crippen MR) is 162 cm³/mol. The van der Waals surface area contributed by atoms with Gasteiger partial charge in [-0.15, -0.1) is 0 Å². The molecule has 3 aromatic carbocycles. The van der Waals surface area contributed by atoms with E-state index in [0.717, 1.165) is 53.8 Å². The van der Waals surface area contributed by atoms with Crippen molar-refractivity contribution in [1.82, 2.24) is 4.98 Å². The minimum absolute atomic E-state index is 0.238. The van der Waals surface area contributed by atoms with Crippen molar-refractivity contribution in [3.05, 3.63) is 108 Å². The molecule has 1 unspecified atom stereocenters. The van der Waals surface area contributed by atoms with Crippen LogP contribution in [0.1, 0.15) is 39.3 Å². The Morgan fingerprint density at radius 3 is 2.57 bits per heavy atom. The van der Waals surface area contributed by atoms with E-state index in [1.54, 1.807) is 30.5 Å². The normalized spacial score (nSPS) is 15.0. The Labute approximate surface area is 243 Å². The molecule has 1 fully saturated rings. The number of amides is 1. The molecule has 0 spiro atoms. The molecule has 2 aromatic heterocycles. The van der Waals surface area contributed by atoms with Crippen molar-refractivity contribution in [3.63, 3.8) is 0 Å². The molecule has 0 radical (unpaired) electrons. The van der Waals surface area contributed by atoms with E-state index in [-0.39, 0.29) is 17.2 Å². The Morgan fingerprint density at radius 1 is 1.02 bits per heavy atom. The van der Waals surface area contributed by atoms with Gasteiger partial charge in [0.05, 0.1) is 24.1 Å². The first kappa shape index (κ1) is 27.1. The highest BCUT2D eigenvalue weighted by Crippen LogP contribution is 2.31. The topological polar surface area (TPSA) is 105 Å². The standard InChI is InChI=1S/C34H31N3O5/c1-22-29-18-26(24-7-3-2-4-8-24)11-15-30(29)42-32(22)33(38)36-27-12-16-31(35-19-27)37-17-5-6-23(20-37)21-41-28-13-9-25(10-14-28)34(39)40/h2-4,7-16,18-19,23H,5-6,17,20-21H2,1H3,(H,36,38)(H,39,40). The van der Waals surface area contributed by atoms with Gasteiger partial charge in [-0.3, -0.25) is 4.79 Å². The fourth-order valence-electron chi connectivity index (χ4n) is 5.40. The first-order chi connectivity index (χ1) is 20.4. The van der Waals surface area contributed by atoms with Gasteiger partial charge in [-0.1, -0.05) is 36.4 Å². The molecule has 42 heavy (non-hydrogen) atoms. The van der Waals surface area contributed by atoms with Gasteiger partial charge in [-0.05, 0) is 79.4 Å². The number of carboxylic acid groups (broad SMARTS) is 1. The zero-order valence-corrected chi connectivity index (χ0v) is 23.2. The maximum atomic E-state index is 13.1. The van der Waals surface area contributed by atoms with Gasteiger partial charge in [-0.25, -0.2) is 9.78 Å². The summed E-state index contributed by atoms with van der Waals surface area (Å²) in [6.45, 7) is 4.14. The smallest absolute Gasteiger partial charge is 0.335 e. The third-order valence-corrected chi connectivity index (χ3v) is 7.69. The van der Waals surface area contributed by atoms with Gasteiger partial charge in [0.15, 0.2) is 5.76 Å². The summed E-state index contributed by atoms with van der Waals surface area (Å²) in [6, 6.07) is 26.3. The van der Waals surface area contributed by atoms with Crippen LogP contribution < -0.4 is 15.0 Å². The van der Waals surface area contributed by atoms with Crippen LogP contribution >= 0.6 is 0 Å². The van der Waals surface area contributed by atoms with E-state index in [4.69, 9.17) is 14.3 Å². The number of ether oxygens (including phenoxy) is 1. The number of nitrogens with zero attached hydrogens (tertiary/aromatic N) is 2. The highest BCUT2D eigenvalue weighted by molar-refractivity contribution is 6.06. The number of benzene rings is 3. The largest absolute Gasteiger partial charge is 0.493 e. The Balaban J connectivity index is 1.08. The van der Waals surface area contributed by atoms with Crippen LogP contribution in [0.3, 0.4) is 0 Å². The first-order valence-electron chi connectivity index (χ1n) is 14.0. The highest BCUT2D eigenvalue weighted by Gasteiger charge is 2.22. The van der Waals surface area contributed by atoms with Gasteiger partial charge in [0.2, 0.25) is 0 Å². The lowest BCUT2D eigenvalue weighted by Gasteiger charge is -2.33. The number of fused-ring (bicyclic) bond motifs is 1. The zero-order chi connectivity index (χ0) is 29.1. The van der Waals surface area contributed by atoms with Crippen LogP contribution in [0.25, 0.3) is 22.1 Å². The average molecular weight is 562 g/mol. The number of carboxylic acids is 1. The Morgan fingerprint density at radius 2 is 1.83 bits per heavy atom. The average Bonchev–Trinajstić information content (AvgIpc) is 3.37. The molecule has 212 valence electrons. The van der Waals surface area contributed by atoms with Crippen molar-refractivity contribution in [2.24, 2.45) is 5.92 Å². The lowest BCUT2D eigenvalue weighted by atomic mass is 9.99. The summed E-state index contributed by atoms with van der Waals surface area (Å²) in [5, 5.41) is 12.9. The van der Waals surface area contributed by atoms with Gasteiger partial charge in [0.25, 0.3) is 5.91 Å². The second-order valence-electron chi connectivity index (χ2n) is 10.6. The number of nitrogens with one attached hydrogen (secondary N) is 1. The second kappa shape index (κ2) is 11.8. The fraction of sp³-hybridized carbons (Fsp3) is 0.206. The number of anilines is 2. The number of rotatable bonds is 8. The molecule has 1 atom stereocenters. The van der Waals surface area contributed by atoms with Crippen molar-refractivity contribution in [1.29, 1.82) is 0 Å². The number of furan rings is 1. The number of hydrogen-bond donors (Lipinski definition) is 2. The Hall–Kier alpha value is -5.11. The van der Waals surface area contributed by atoms with Crippen LogP contribution in [0.2, 0.25) is 0 Å². The monoisotopic (exact) mass is 561 g/mol. The summed E-state index contributed by atoms with van der Waals surface area (Å²) in [4.78, 5) is 31.0. The molecular formula is C34H31N3O5. The van der Waals surface area contributed by atoms with Gasteiger partial charge in [0, 0.05) is 30.0 Å². The molecule has 0 bridgehead atoms. The maximum absolute atomic E-state index is 13.1. The maximum Gasteiger partial charge on any atom is 0.335 e. The van der Waals surface area contributed by atoms with Crippen molar-refractivity contribution >= 4 is 34.4 Å². The molecule has 1 aliphatic rings. The first-order valence-corrected chi connectivity index (χ1v) is 14.0. The van der Waals surface area contributed by atoms with Crippen LogP contribution in [-0.2, 0) is 0 Å². The molecule has 2 N–H and O–H groups in total. The molecule has 1 saturated heterocycles. The van der Waals surface area contributed by atoms with Crippen LogP contribution in [0, 0.1) is 12.8 Å². The molecule has 0 aliphatic carbocycles. The van der Waals surface area contributed by atoms with Crippen LogP contribution in [-0.4, -0.2) is 41.7 Å². The number of hydrogen-bond acceptors (Lipinski definition) is 6. The molecule has 0 saturated carbocycles. The molecule has 5 aromatic rings. The minimum atomic E-state index is -0.954. The molecule has 6 rings (SSSR count). The van der Waals surface area contributed by atoms with E-state index < -0.39 is 5.97 Å². The van der Waals surface area contributed by atoms with Crippen LogP contribution in [0.15, 0.2) is 95.5 Å². The van der Waals surface area contributed by atoms with Crippen LogP contribution in [0.5, 0.6) is 5.75 Å². The molecule has 3 heterocycles. The number of aryl methyl sites for hydroxylation is 1. The zero-order valence-electron chi connectivity index (χ0n) is 23.2. The van der Waals surface area contributed by atoms with E-state index >= 15 is 0 Å². The van der Waals surface area contributed by atoms with Crippen molar-refractivity contribution in [2.45, 2.75) is 19.8 Å². The SMILES string of the molecule is Cc1c(C(=O)Nc2ccc(N3CCCC(COc4ccc(C(=O)O)cc4)C3)nc2)oc2ccc(-c3ccccc3)cc12. The second-order valence-corrected chi connectivity index (χ2v) is 10.6. The molecule has 1 aliphatic heterocycles. The number of aromatic nitrogens is 1. The molecule has 8 heteroatoms. The van der Waals surface area contributed by atoms with Gasteiger partial charge < -0.3 is 24.5 Å². The summed E-state index contributed by atoms with van der Waals surface area (Å²) in [5.41, 5.74) is 4.48. The van der Waals surface area contributed by atoms with Gasteiger partial charge in [-0.2, -0.15) is 0 Å². The van der Waals surface area contributed by atoms with Gasteiger partial charge in [0.1, 0.15) is 17.2 Å². The van der Waals surface area contributed by atoms with E-state index in [1.807, 2.05) is 49.4 Å². The number of piperidine rings is 1. The summed E-state index contributed by atoms with van der Waals surface area (Å²) < 4.78 is 11.9. The molecular weight excluding hydrogens is 530 g/mol. The summed E-state index contributed by atoms with van der Waals surface area (Å²) in [7, 11) is 0. The lowest BCUT2D eigenvalue weighted by molar-refractivity contribution is 0.0696. The number of pyridine rings is 1. The summed E-state index contributed by atoms with van der Waals surface area (Å²) in [6.07, 6.45) is 3.73. The van der Waals surface area contributed by atoms with E-state index in [2.05, 4.69) is 33.4 Å². The summed E-state index contributed by atoms with van der Waals surface area (Å²) >= 11 is 0. The predicted octanol–water partition coefficient (Wildman–Crippen LogP) is 7.05. The van der Waals surface area contributed by atoms with Gasteiger partial charge >= 0.3 is 5.97 Å². The highest BCUT2D eigenvalue weighted by atomic mass is 16.5. The minimum Gasteiger partial charge on any atom is -0.493 e. The number of aromatic carboxylic acids is 1. The Kier molecular flexibility index (Phi) is 7.60. The lowest BCUT2D eigenvalue weighted by Crippen LogP contribution is -2.38. The number of carbonyl (C=O) groups is 2. The third kappa shape index (κ3) is 5.83. The van der Waals surface area contributed by atoms with Crippen molar-refractivity contribution in [2.75, 3.05) is 29.9 Å². The van der Waals surface area contributed by atoms with Crippen LogP contribution in [0.4, 0.5) is 11.5 Å². The number of carbonyl (C=O) groups excluding carboxylic acids is 1. The third-order valence-electron chi connectivity index (χ3n) is 7.69. The van der Waals surface area contributed by atoms with E-state index in [0.29, 0.717) is 29.5 Å². The Bertz CT molecular complexity index is 1710.